The molecule has 0 aliphatic carbocycles. The molecule has 3 heterocycles. The van der Waals surface area contributed by atoms with Crippen LogP contribution in [0.3, 0.4) is 0 Å². The highest BCUT2D eigenvalue weighted by atomic mass is 127. The van der Waals surface area contributed by atoms with Gasteiger partial charge in [-0.1, -0.05) is 0 Å². The predicted molar refractivity (Wildman–Crippen MR) is 107 cm³/mol. The summed E-state index contributed by atoms with van der Waals surface area (Å²) in [5, 5.41) is 13.5. The first-order valence-electron chi connectivity index (χ1n) is 7.47. The van der Waals surface area contributed by atoms with Crippen molar-refractivity contribution in [2.75, 3.05) is 11.1 Å². The van der Waals surface area contributed by atoms with Crippen molar-refractivity contribution < 1.29 is 9.52 Å². The first-order chi connectivity index (χ1) is 12.1. The average molecular weight is 444 g/mol. The smallest absolute Gasteiger partial charge is 0.215 e. The van der Waals surface area contributed by atoms with Gasteiger partial charge in [0.2, 0.25) is 5.88 Å². The second-order valence-electron chi connectivity index (χ2n) is 5.44. The summed E-state index contributed by atoms with van der Waals surface area (Å²) in [6.07, 6.45) is 5.16. The number of hydrogen-bond donors (Lipinski definition) is 3. The van der Waals surface area contributed by atoms with E-state index in [0.717, 1.165) is 16.8 Å². The van der Waals surface area contributed by atoms with Gasteiger partial charge in [-0.3, -0.25) is 0 Å². The summed E-state index contributed by atoms with van der Waals surface area (Å²) in [7, 11) is 0. The Balaban J connectivity index is 1.67. The SMILES string of the molecule is Nc1ccc(Nc2oc(C=C3C=Nc4ncccc43)c(O)c2I)cc1. The number of rotatable bonds is 3. The lowest BCUT2D eigenvalue weighted by Gasteiger charge is -2.03. The fourth-order valence-corrected chi connectivity index (χ4v) is 2.99. The number of nitrogens with two attached hydrogens (primary N) is 1. The number of fused-ring (bicyclic) bond motifs is 1. The van der Waals surface area contributed by atoms with Crippen molar-refractivity contribution in [1.82, 2.24) is 4.98 Å². The third kappa shape index (κ3) is 2.98. The molecule has 25 heavy (non-hydrogen) atoms. The maximum absolute atomic E-state index is 10.4. The van der Waals surface area contributed by atoms with E-state index in [4.69, 9.17) is 10.2 Å². The fourth-order valence-electron chi connectivity index (χ4n) is 2.48. The molecule has 2 aromatic heterocycles. The molecule has 1 aliphatic heterocycles. The lowest BCUT2D eigenvalue weighted by Crippen LogP contribution is -1.91. The van der Waals surface area contributed by atoms with E-state index in [0.29, 0.717) is 26.7 Å². The number of nitrogens with zero attached hydrogens (tertiary/aromatic N) is 2. The van der Waals surface area contributed by atoms with E-state index >= 15 is 0 Å². The highest BCUT2D eigenvalue weighted by Gasteiger charge is 2.19. The number of aliphatic imine (C=N–C) groups is 1. The summed E-state index contributed by atoms with van der Waals surface area (Å²) in [6.45, 7) is 0. The summed E-state index contributed by atoms with van der Waals surface area (Å²) in [5.74, 6) is 1.57. The van der Waals surface area contributed by atoms with Gasteiger partial charge in [-0.25, -0.2) is 9.98 Å². The van der Waals surface area contributed by atoms with Crippen LogP contribution in [0.1, 0.15) is 11.3 Å². The number of anilines is 3. The summed E-state index contributed by atoms with van der Waals surface area (Å²) in [5.41, 5.74) is 8.93. The van der Waals surface area contributed by atoms with Crippen LogP contribution in [0.25, 0.3) is 11.6 Å². The summed E-state index contributed by atoms with van der Waals surface area (Å²) in [6, 6.07) is 11.0. The topological polar surface area (TPSA) is 96.7 Å². The van der Waals surface area contributed by atoms with Gasteiger partial charge in [0.25, 0.3) is 0 Å². The van der Waals surface area contributed by atoms with E-state index in [1.807, 2.05) is 46.9 Å². The maximum atomic E-state index is 10.4. The molecule has 4 N–H and O–H groups in total. The van der Waals surface area contributed by atoms with Gasteiger partial charge in [-0.2, -0.15) is 0 Å². The van der Waals surface area contributed by atoms with Gasteiger partial charge in [0.15, 0.2) is 17.3 Å². The Bertz CT molecular complexity index is 1010. The third-order valence-electron chi connectivity index (χ3n) is 3.73. The van der Waals surface area contributed by atoms with Crippen LogP contribution in [0.2, 0.25) is 0 Å². The van der Waals surface area contributed by atoms with Gasteiger partial charge >= 0.3 is 0 Å². The first kappa shape index (κ1) is 15.7. The Labute approximate surface area is 157 Å². The molecule has 6 nitrogen and oxygen atoms in total. The van der Waals surface area contributed by atoms with Crippen molar-refractivity contribution in [3.8, 4) is 5.75 Å². The van der Waals surface area contributed by atoms with Crippen molar-refractivity contribution in [2.45, 2.75) is 0 Å². The zero-order valence-corrected chi connectivity index (χ0v) is 15.1. The number of benzene rings is 1. The van der Waals surface area contributed by atoms with Crippen molar-refractivity contribution in [3.05, 3.63) is 57.5 Å². The predicted octanol–water partition coefficient (Wildman–Crippen LogP) is 4.57. The molecule has 1 aromatic carbocycles. The Morgan fingerprint density at radius 2 is 2.00 bits per heavy atom. The van der Waals surface area contributed by atoms with Gasteiger partial charge in [0, 0.05) is 34.9 Å². The average Bonchev–Trinajstić information content (AvgIpc) is 3.14. The van der Waals surface area contributed by atoms with Crippen LogP contribution in [0.15, 0.2) is 52.0 Å². The van der Waals surface area contributed by atoms with E-state index in [-0.39, 0.29) is 5.75 Å². The Morgan fingerprint density at radius 1 is 1.20 bits per heavy atom. The molecule has 0 spiro atoms. The molecule has 0 amide bonds. The molecule has 124 valence electrons. The lowest BCUT2D eigenvalue weighted by molar-refractivity contribution is 0.454. The number of aromatic hydroxyl groups is 1. The number of furan rings is 1. The lowest BCUT2D eigenvalue weighted by atomic mass is 10.1. The molecule has 0 atom stereocenters. The molecule has 0 fully saturated rings. The van der Waals surface area contributed by atoms with Crippen molar-refractivity contribution in [1.29, 1.82) is 0 Å². The number of nitrogens with one attached hydrogen (secondary N) is 1. The van der Waals surface area contributed by atoms with Crippen LogP contribution in [0.5, 0.6) is 5.75 Å². The molecular formula is C18H13IN4O2. The van der Waals surface area contributed by atoms with Crippen LogP contribution in [-0.4, -0.2) is 16.3 Å². The number of hydrogen-bond acceptors (Lipinski definition) is 6. The summed E-state index contributed by atoms with van der Waals surface area (Å²) in [4.78, 5) is 8.46. The van der Waals surface area contributed by atoms with Crippen LogP contribution >= 0.6 is 22.6 Å². The zero-order chi connectivity index (χ0) is 17.4. The number of pyridine rings is 1. The van der Waals surface area contributed by atoms with Crippen LogP contribution in [-0.2, 0) is 0 Å². The van der Waals surface area contributed by atoms with E-state index in [2.05, 4.69) is 15.3 Å². The molecular weight excluding hydrogens is 431 g/mol. The minimum Gasteiger partial charge on any atom is -0.503 e. The van der Waals surface area contributed by atoms with Crippen LogP contribution < -0.4 is 11.1 Å². The standard InChI is InChI=1S/C18H13IN4O2/c19-15-16(24)14(8-10-9-22-17-13(10)2-1-7-21-17)25-18(15)23-12-5-3-11(20)4-6-12/h1-9,23-24H,20H2. The van der Waals surface area contributed by atoms with E-state index in [1.165, 1.54) is 0 Å². The Hall–Kier alpha value is -2.81. The van der Waals surface area contributed by atoms with Gasteiger partial charge in [0.05, 0.1) is 0 Å². The number of halogens is 1. The van der Waals surface area contributed by atoms with Gasteiger partial charge in [-0.15, -0.1) is 0 Å². The largest absolute Gasteiger partial charge is 0.503 e. The fraction of sp³-hybridized carbons (Fsp3) is 0. The van der Waals surface area contributed by atoms with Crippen molar-refractivity contribution in [2.24, 2.45) is 4.99 Å². The maximum Gasteiger partial charge on any atom is 0.215 e. The van der Waals surface area contributed by atoms with Crippen molar-refractivity contribution in [3.63, 3.8) is 0 Å². The quantitative estimate of drug-likeness (QED) is 0.407. The molecule has 0 radical (unpaired) electrons. The van der Waals surface area contributed by atoms with Crippen molar-refractivity contribution >= 4 is 63.5 Å². The molecule has 1 aliphatic rings. The van der Waals surface area contributed by atoms with Gasteiger partial charge in [0.1, 0.15) is 3.57 Å². The first-order valence-corrected chi connectivity index (χ1v) is 8.54. The Kier molecular flexibility index (Phi) is 3.92. The number of allylic oxidation sites excluding steroid dienone is 1. The van der Waals surface area contributed by atoms with E-state index in [1.54, 1.807) is 30.6 Å². The molecule has 0 saturated heterocycles. The number of nitrogen functional groups attached to an aromatic ring is 1. The molecule has 0 bridgehead atoms. The monoisotopic (exact) mass is 444 g/mol. The highest BCUT2D eigenvalue weighted by molar-refractivity contribution is 14.1. The molecule has 0 unspecified atom stereocenters. The normalized spacial score (nSPS) is 14.0. The minimum absolute atomic E-state index is 0.0804. The van der Waals surface area contributed by atoms with Gasteiger partial charge in [-0.05, 0) is 65.1 Å². The van der Waals surface area contributed by atoms with E-state index in [9.17, 15) is 5.11 Å². The van der Waals surface area contributed by atoms with Crippen LogP contribution in [0, 0.1) is 3.57 Å². The molecule has 3 aromatic rings. The van der Waals surface area contributed by atoms with Crippen LogP contribution in [0.4, 0.5) is 23.1 Å². The highest BCUT2D eigenvalue weighted by Crippen LogP contribution is 2.39. The second-order valence-corrected chi connectivity index (χ2v) is 6.52. The van der Waals surface area contributed by atoms with E-state index < -0.39 is 0 Å². The summed E-state index contributed by atoms with van der Waals surface area (Å²) < 4.78 is 6.40. The minimum atomic E-state index is 0.0804. The third-order valence-corrected chi connectivity index (χ3v) is 4.73. The second kappa shape index (κ2) is 6.25. The van der Waals surface area contributed by atoms with Gasteiger partial charge < -0.3 is 20.6 Å². The molecule has 0 saturated carbocycles. The zero-order valence-electron chi connectivity index (χ0n) is 12.9. The molecule has 7 heteroatoms. The molecule has 4 rings (SSSR count). The summed E-state index contributed by atoms with van der Waals surface area (Å²) >= 11 is 2.04. The Morgan fingerprint density at radius 3 is 2.80 bits per heavy atom. The number of aromatic nitrogens is 1.